The number of likely N-dealkylation sites (tertiary alicyclic amines) is 1. The number of carbonyl (C=O) groups is 1. The zero-order valence-electron chi connectivity index (χ0n) is 15.5. The lowest BCUT2D eigenvalue weighted by molar-refractivity contribution is -0.137. The van der Waals surface area contributed by atoms with Crippen LogP contribution in [0.15, 0.2) is 36.8 Å². The van der Waals surface area contributed by atoms with Gasteiger partial charge in [0.25, 0.3) is 0 Å². The van der Waals surface area contributed by atoms with Gasteiger partial charge in [0.15, 0.2) is 0 Å². The van der Waals surface area contributed by atoms with Gasteiger partial charge in [-0.2, -0.15) is 5.10 Å². The van der Waals surface area contributed by atoms with Crippen molar-refractivity contribution in [1.82, 2.24) is 24.6 Å². The lowest BCUT2D eigenvalue weighted by Gasteiger charge is -2.57. The van der Waals surface area contributed by atoms with Crippen molar-refractivity contribution in [3.8, 4) is 11.1 Å². The maximum atomic E-state index is 12.5. The summed E-state index contributed by atoms with van der Waals surface area (Å²) in [5, 5.41) is 8.07. The molecular weight excluding hydrogens is 340 g/mol. The van der Waals surface area contributed by atoms with Crippen LogP contribution in [0.2, 0.25) is 0 Å². The Labute approximate surface area is 157 Å². The van der Waals surface area contributed by atoms with E-state index in [1.807, 2.05) is 37.6 Å². The van der Waals surface area contributed by atoms with E-state index >= 15 is 0 Å². The number of amides is 1. The summed E-state index contributed by atoms with van der Waals surface area (Å²) >= 11 is 0. The molecular formula is C20H22N6O. The van der Waals surface area contributed by atoms with Gasteiger partial charge in [0, 0.05) is 49.4 Å². The van der Waals surface area contributed by atoms with E-state index in [1.165, 1.54) is 0 Å². The highest BCUT2D eigenvalue weighted by atomic mass is 16.2. The molecule has 2 aliphatic rings. The number of rotatable bonds is 3. The highest BCUT2D eigenvalue weighted by Crippen LogP contribution is 2.51. The normalized spacial score (nSPS) is 19.0. The van der Waals surface area contributed by atoms with Crippen molar-refractivity contribution in [1.29, 1.82) is 0 Å². The average Bonchev–Trinajstić information content (AvgIpc) is 3.02. The van der Waals surface area contributed by atoms with E-state index in [-0.39, 0.29) is 11.8 Å². The fourth-order valence-corrected chi connectivity index (χ4v) is 4.57. The second kappa shape index (κ2) is 5.85. The number of hydrogen-bond donors (Lipinski definition) is 1. The fraction of sp³-hybridized carbons (Fsp3) is 0.400. The van der Waals surface area contributed by atoms with Gasteiger partial charge in [-0.25, -0.2) is 9.97 Å². The standard InChI is InChI=1S/C20H22N6O/c1-25-11-20(12-25)6-15(7-20)18(27)24-19-21-8-14-4-3-13(5-17(14)23-19)16-9-22-26(2)10-16/h3-5,8-10,15H,6-7,11-12H2,1-2H3,(H,21,23,24,27). The maximum Gasteiger partial charge on any atom is 0.229 e. The SMILES string of the molecule is CN1CC2(CC(C(=O)Nc3ncc4ccc(-c5cnn(C)c5)cc4n3)C2)C1. The van der Waals surface area contributed by atoms with E-state index < -0.39 is 0 Å². The van der Waals surface area contributed by atoms with Crippen molar-refractivity contribution >= 4 is 22.8 Å². The van der Waals surface area contributed by atoms with Crippen LogP contribution in [0, 0.1) is 11.3 Å². The predicted molar refractivity (Wildman–Crippen MR) is 103 cm³/mol. The molecule has 1 saturated carbocycles. The summed E-state index contributed by atoms with van der Waals surface area (Å²) in [6, 6.07) is 6.03. The van der Waals surface area contributed by atoms with E-state index in [0.29, 0.717) is 11.4 Å². The summed E-state index contributed by atoms with van der Waals surface area (Å²) < 4.78 is 1.77. The number of fused-ring (bicyclic) bond motifs is 1. The molecule has 3 heterocycles. The van der Waals surface area contributed by atoms with Crippen LogP contribution in [0.25, 0.3) is 22.0 Å². The first-order valence-electron chi connectivity index (χ1n) is 9.25. The maximum absolute atomic E-state index is 12.5. The largest absolute Gasteiger partial charge is 0.305 e. The van der Waals surface area contributed by atoms with Crippen LogP contribution in [0.1, 0.15) is 12.8 Å². The van der Waals surface area contributed by atoms with Gasteiger partial charge in [-0.15, -0.1) is 0 Å². The zero-order chi connectivity index (χ0) is 18.6. The predicted octanol–water partition coefficient (Wildman–Crippen LogP) is 2.31. The Balaban J connectivity index is 1.32. The molecule has 0 bridgehead atoms. The third kappa shape index (κ3) is 2.88. The smallest absolute Gasteiger partial charge is 0.229 e. The molecule has 1 aromatic carbocycles. The summed E-state index contributed by atoms with van der Waals surface area (Å²) in [7, 11) is 4.02. The molecule has 1 N–H and O–H groups in total. The number of hydrogen-bond acceptors (Lipinski definition) is 5. The van der Waals surface area contributed by atoms with Gasteiger partial charge < -0.3 is 4.90 Å². The lowest BCUT2D eigenvalue weighted by atomic mass is 9.57. The number of nitrogens with one attached hydrogen (secondary N) is 1. The van der Waals surface area contributed by atoms with Gasteiger partial charge >= 0.3 is 0 Å². The summed E-state index contributed by atoms with van der Waals surface area (Å²) in [6.45, 7) is 2.22. The molecule has 0 radical (unpaired) electrons. The minimum Gasteiger partial charge on any atom is -0.305 e. The van der Waals surface area contributed by atoms with E-state index in [2.05, 4.69) is 32.3 Å². The topological polar surface area (TPSA) is 75.9 Å². The molecule has 7 nitrogen and oxygen atoms in total. The number of aryl methyl sites for hydroxylation is 1. The molecule has 0 unspecified atom stereocenters. The average molecular weight is 362 g/mol. The second-order valence-corrected chi connectivity index (χ2v) is 8.14. The molecule has 138 valence electrons. The van der Waals surface area contributed by atoms with Gasteiger partial charge in [-0.3, -0.25) is 14.8 Å². The van der Waals surface area contributed by atoms with Crippen molar-refractivity contribution < 1.29 is 4.79 Å². The Bertz CT molecular complexity index is 1030. The van der Waals surface area contributed by atoms with E-state index in [0.717, 1.165) is 48.0 Å². The molecule has 3 aromatic rings. The Morgan fingerprint density at radius 2 is 2.00 bits per heavy atom. The summed E-state index contributed by atoms with van der Waals surface area (Å²) in [6.07, 6.45) is 7.50. The monoisotopic (exact) mass is 362 g/mol. The van der Waals surface area contributed by atoms with Gasteiger partial charge in [0.1, 0.15) is 0 Å². The third-order valence-electron chi connectivity index (χ3n) is 5.80. The number of anilines is 1. The fourth-order valence-electron chi connectivity index (χ4n) is 4.57. The highest BCUT2D eigenvalue weighted by molar-refractivity contribution is 5.93. The van der Waals surface area contributed by atoms with Gasteiger partial charge in [0.2, 0.25) is 11.9 Å². The van der Waals surface area contributed by atoms with Crippen LogP contribution in [-0.2, 0) is 11.8 Å². The number of carbonyl (C=O) groups excluding carboxylic acids is 1. The molecule has 0 atom stereocenters. The second-order valence-electron chi connectivity index (χ2n) is 8.14. The molecule has 5 rings (SSSR count). The number of nitrogens with zero attached hydrogens (tertiary/aromatic N) is 5. The summed E-state index contributed by atoms with van der Waals surface area (Å²) in [5.74, 6) is 0.500. The number of benzene rings is 1. The van der Waals surface area contributed by atoms with Gasteiger partial charge in [0.05, 0.1) is 11.7 Å². The van der Waals surface area contributed by atoms with Gasteiger partial charge in [-0.1, -0.05) is 12.1 Å². The zero-order valence-corrected chi connectivity index (χ0v) is 15.5. The minimum absolute atomic E-state index is 0.0398. The van der Waals surface area contributed by atoms with Crippen LogP contribution in [0.3, 0.4) is 0 Å². The third-order valence-corrected chi connectivity index (χ3v) is 5.80. The Morgan fingerprint density at radius 1 is 1.19 bits per heavy atom. The van der Waals surface area contributed by atoms with Gasteiger partial charge in [-0.05, 0) is 36.9 Å². The van der Waals surface area contributed by atoms with Crippen molar-refractivity contribution in [2.24, 2.45) is 18.4 Å². The van der Waals surface area contributed by atoms with Crippen LogP contribution in [0.5, 0.6) is 0 Å². The molecule has 1 aliphatic carbocycles. The summed E-state index contributed by atoms with van der Waals surface area (Å²) in [5.41, 5.74) is 3.28. The van der Waals surface area contributed by atoms with E-state index in [1.54, 1.807) is 10.9 Å². The van der Waals surface area contributed by atoms with Crippen LogP contribution < -0.4 is 5.32 Å². The molecule has 2 fully saturated rings. The Hall–Kier alpha value is -2.80. The van der Waals surface area contributed by atoms with Crippen LogP contribution in [-0.4, -0.2) is 50.7 Å². The minimum atomic E-state index is 0.0398. The Morgan fingerprint density at radius 3 is 2.70 bits per heavy atom. The van der Waals surface area contributed by atoms with Crippen LogP contribution in [0.4, 0.5) is 5.95 Å². The molecule has 1 spiro atoms. The van der Waals surface area contributed by atoms with Crippen molar-refractivity contribution in [3.05, 3.63) is 36.8 Å². The van der Waals surface area contributed by atoms with E-state index in [9.17, 15) is 4.79 Å². The first-order chi connectivity index (χ1) is 13.0. The molecule has 7 heteroatoms. The molecule has 1 saturated heterocycles. The highest BCUT2D eigenvalue weighted by Gasteiger charge is 2.53. The summed E-state index contributed by atoms with van der Waals surface area (Å²) in [4.78, 5) is 23.7. The quantitative estimate of drug-likeness (QED) is 0.774. The molecule has 1 amide bonds. The first-order valence-corrected chi connectivity index (χ1v) is 9.25. The Kier molecular flexibility index (Phi) is 3.55. The van der Waals surface area contributed by atoms with Crippen molar-refractivity contribution in [2.75, 3.05) is 25.5 Å². The first kappa shape index (κ1) is 16.4. The van der Waals surface area contributed by atoms with Crippen molar-refractivity contribution in [3.63, 3.8) is 0 Å². The van der Waals surface area contributed by atoms with E-state index in [4.69, 9.17) is 0 Å². The van der Waals surface area contributed by atoms with Crippen LogP contribution >= 0.6 is 0 Å². The lowest BCUT2D eigenvalue weighted by Crippen LogP contribution is -2.62. The van der Waals surface area contributed by atoms with Crippen molar-refractivity contribution in [2.45, 2.75) is 12.8 Å². The molecule has 2 aromatic heterocycles. The number of aromatic nitrogens is 4. The molecule has 27 heavy (non-hydrogen) atoms. The molecule has 1 aliphatic heterocycles.